The average molecular weight is 321 g/mol. The van der Waals surface area contributed by atoms with Crippen LogP contribution in [0, 0.1) is 5.82 Å². The van der Waals surface area contributed by atoms with Crippen LogP contribution in [0.1, 0.15) is 36.1 Å². The smallest absolute Gasteiger partial charge is 0.186 e. The Kier molecular flexibility index (Phi) is 4.98. The van der Waals surface area contributed by atoms with Gasteiger partial charge in [0.05, 0.1) is 4.90 Å². The molecule has 3 nitrogen and oxygen atoms in total. The molecule has 0 fully saturated rings. The molecule has 0 spiro atoms. The van der Waals surface area contributed by atoms with Crippen molar-refractivity contribution in [3.8, 4) is 0 Å². The van der Waals surface area contributed by atoms with Gasteiger partial charge in [-0.3, -0.25) is 0 Å². The van der Waals surface area contributed by atoms with Gasteiger partial charge in [-0.25, -0.2) is 12.8 Å². The van der Waals surface area contributed by atoms with Gasteiger partial charge in [-0.05, 0) is 41.3 Å². The van der Waals surface area contributed by atoms with Crippen molar-refractivity contribution in [2.24, 2.45) is 5.73 Å². The fourth-order valence-electron chi connectivity index (χ4n) is 2.33. The van der Waals surface area contributed by atoms with Crippen LogP contribution in [-0.4, -0.2) is 15.0 Å². The Morgan fingerprint density at radius 3 is 1.91 bits per heavy atom. The molecule has 2 aromatic rings. The standard InChI is InChI=1S/C17H20FNO2S/c1-12(2)13-3-5-14(6-4-13)17(11-19)22(20,21)16-9-7-15(18)8-10-16/h3-10,12,17H,11,19H2,1-2H3/t17-/m0/s1. The zero-order valence-corrected chi connectivity index (χ0v) is 13.5. The molecule has 0 aliphatic rings. The van der Waals surface area contributed by atoms with Gasteiger partial charge < -0.3 is 5.73 Å². The van der Waals surface area contributed by atoms with Crippen molar-refractivity contribution >= 4 is 9.84 Å². The molecule has 0 unspecified atom stereocenters. The Hall–Kier alpha value is -1.72. The molecule has 2 N–H and O–H groups in total. The predicted octanol–water partition coefficient (Wildman–Crippen LogP) is 3.42. The fraction of sp³-hybridized carbons (Fsp3) is 0.294. The molecule has 0 heterocycles. The summed E-state index contributed by atoms with van der Waals surface area (Å²) in [6.45, 7) is 4.12. The minimum Gasteiger partial charge on any atom is -0.329 e. The van der Waals surface area contributed by atoms with Gasteiger partial charge in [-0.1, -0.05) is 38.1 Å². The molecule has 22 heavy (non-hydrogen) atoms. The maximum atomic E-state index is 13.0. The van der Waals surface area contributed by atoms with E-state index in [1.807, 2.05) is 12.1 Å². The molecule has 0 radical (unpaired) electrons. The molecule has 1 atom stereocenters. The van der Waals surface area contributed by atoms with E-state index in [0.717, 1.165) is 17.7 Å². The van der Waals surface area contributed by atoms with Gasteiger partial charge in [0, 0.05) is 6.54 Å². The lowest BCUT2D eigenvalue weighted by molar-refractivity contribution is 0.581. The summed E-state index contributed by atoms with van der Waals surface area (Å²) in [6, 6.07) is 12.3. The minimum absolute atomic E-state index is 0.0270. The second kappa shape index (κ2) is 6.58. The summed E-state index contributed by atoms with van der Waals surface area (Å²) >= 11 is 0. The largest absolute Gasteiger partial charge is 0.329 e. The first kappa shape index (κ1) is 16.6. The Bertz CT molecular complexity index is 722. The quantitative estimate of drug-likeness (QED) is 0.858. The van der Waals surface area contributed by atoms with Crippen LogP contribution in [-0.2, 0) is 9.84 Å². The van der Waals surface area contributed by atoms with E-state index >= 15 is 0 Å². The van der Waals surface area contributed by atoms with Gasteiger partial charge in [0.15, 0.2) is 9.84 Å². The first-order valence-corrected chi connectivity index (χ1v) is 8.70. The number of rotatable bonds is 5. The van der Waals surface area contributed by atoms with Crippen LogP contribution in [0.25, 0.3) is 0 Å². The Morgan fingerprint density at radius 1 is 0.955 bits per heavy atom. The Morgan fingerprint density at radius 2 is 1.45 bits per heavy atom. The molecule has 0 bridgehead atoms. The summed E-state index contributed by atoms with van der Waals surface area (Å²) in [6.07, 6.45) is 0. The summed E-state index contributed by atoms with van der Waals surface area (Å²) in [7, 11) is -3.65. The molecule has 2 aromatic carbocycles. The van der Waals surface area contributed by atoms with Gasteiger partial charge in [0.1, 0.15) is 11.1 Å². The highest BCUT2D eigenvalue weighted by Crippen LogP contribution is 2.29. The van der Waals surface area contributed by atoms with Gasteiger partial charge in [0.2, 0.25) is 0 Å². The SMILES string of the molecule is CC(C)c1ccc([C@H](CN)S(=O)(=O)c2ccc(F)cc2)cc1. The summed E-state index contributed by atoms with van der Waals surface area (Å²) in [5.41, 5.74) is 7.49. The van der Waals surface area contributed by atoms with E-state index < -0.39 is 20.9 Å². The third kappa shape index (κ3) is 3.36. The van der Waals surface area contributed by atoms with Crippen molar-refractivity contribution in [2.45, 2.75) is 29.9 Å². The van der Waals surface area contributed by atoms with Crippen LogP contribution in [0.15, 0.2) is 53.4 Å². The van der Waals surface area contributed by atoms with E-state index in [-0.39, 0.29) is 11.4 Å². The van der Waals surface area contributed by atoms with Crippen molar-refractivity contribution in [2.75, 3.05) is 6.54 Å². The third-order valence-electron chi connectivity index (χ3n) is 3.71. The van der Waals surface area contributed by atoms with E-state index in [2.05, 4.69) is 13.8 Å². The Labute approximate surface area is 130 Å². The lowest BCUT2D eigenvalue weighted by Crippen LogP contribution is -2.22. The molecule has 0 saturated carbocycles. The molecule has 0 aliphatic carbocycles. The van der Waals surface area contributed by atoms with Gasteiger partial charge in [0.25, 0.3) is 0 Å². The third-order valence-corrected chi connectivity index (χ3v) is 5.85. The Balaban J connectivity index is 2.40. The van der Waals surface area contributed by atoms with E-state index in [1.165, 1.54) is 12.1 Å². The van der Waals surface area contributed by atoms with E-state index in [1.54, 1.807) is 12.1 Å². The zero-order valence-electron chi connectivity index (χ0n) is 12.7. The predicted molar refractivity (Wildman–Crippen MR) is 85.9 cm³/mol. The van der Waals surface area contributed by atoms with Crippen LogP contribution in [0.4, 0.5) is 4.39 Å². The van der Waals surface area contributed by atoms with Crippen LogP contribution < -0.4 is 5.73 Å². The molecule has 5 heteroatoms. The molecule has 118 valence electrons. The van der Waals surface area contributed by atoms with Gasteiger partial charge >= 0.3 is 0 Å². The summed E-state index contributed by atoms with van der Waals surface area (Å²) in [5.74, 6) is -0.0939. The van der Waals surface area contributed by atoms with Crippen LogP contribution in [0.2, 0.25) is 0 Å². The van der Waals surface area contributed by atoms with Crippen molar-refractivity contribution < 1.29 is 12.8 Å². The lowest BCUT2D eigenvalue weighted by atomic mass is 10.0. The van der Waals surface area contributed by atoms with E-state index in [0.29, 0.717) is 11.5 Å². The number of nitrogens with two attached hydrogens (primary N) is 1. The second-order valence-electron chi connectivity index (χ2n) is 5.54. The normalized spacial score (nSPS) is 13.3. The molecular formula is C17H20FNO2S. The molecule has 0 aromatic heterocycles. The molecule has 2 rings (SSSR count). The number of halogens is 1. The van der Waals surface area contributed by atoms with Crippen molar-refractivity contribution in [1.82, 2.24) is 0 Å². The van der Waals surface area contributed by atoms with Gasteiger partial charge in [-0.15, -0.1) is 0 Å². The number of sulfone groups is 1. The second-order valence-corrected chi connectivity index (χ2v) is 7.68. The molecular weight excluding hydrogens is 301 g/mol. The molecule has 0 saturated heterocycles. The van der Waals surface area contributed by atoms with Crippen molar-refractivity contribution in [3.05, 3.63) is 65.5 Å². The first-order chi connectivity index (χ1) is 10.4. The molecule has 0 aliphatic heterocycles. The summed E-state index contributed by atoms with van der Waals surface area (Å²) in [5, 5.41) is -0.834. The van der Waals surface area contributed by atoms with Crippen LogP contribution >= 0.6 is 0 Å². The van der Waals surface area contributed by atoms with Gasteiger partial charge in [-0.2, -0.15) is 0 Å². The number of hydrogen-bond donors (Lipinski definition) is 1. The average Bonchev–Trinajstić information content (AvgIpc) is 2.48. The maximum absolute atomic E-state index is 13.0. The summed E-state index contributed by atoms with van der Waals surface area (Å²) < 4.78 is 38.4. The highest BCUT2D eigenvalue weighted by atomic mass is 32.2. The van der Waals surface area contributed by atoms with E-state index in [4.69, 9.17) is 5.73 Å². The molecule has 0 amide bonds. The highest BCUT2D eigenvalue weighted by Gasteiger charge is 2.28. The number of benzene rings is 2. The van der Waals surface area contributed by atoms with Crippen molar-refractivity contribution in [1.29, 1.82) is 0 Å². The maximum Gasteiger partial charge on any atom is 0.186 e. The lowest BCUT2D eigenvalue weighted by Gasteiger charge is -2.17. The van der Waals surface area contributed by atoms with Crippen LogP contribution in [0.5, 0.6) is 0 Å². The summed E-state index contributed by atoms with van der Waals surface area (Å²) in [4.78, 5) is 0.0808. The van der Waals surface area contributed by atoms with Crippen molar-refractivity contribution in [3.63, 3.8) is 0 Å². The zero-order chi connectivity index (χ0) is 16.3. The van der Waals surface area contributed by atoms with Crippen LogP contribution in [0.3, 0.4) is 0 Å². The highest BCUT2D eigenvalue weighted by molar-refractivity contribution is 7.91. The minimum atomic E-state index is -3.65. The van der Waals surface area contributed by atoms with E-state index in [9.17, 15) is 12.8 Å². The monoisotopic (exact) mass is 321 g/mol. The fourth-order valence-corrected chi connectivity index (χ4v) is 3.94. The first-order valence-electron chi connectivity index (χ1n) is 7.15. The topological polar surface area (TPSA) is 60.2 Å². The number of hydrogen-bond acceptors (Lipinski definition) is 3.